The van der Waals surface area contributed by atoms with E-state index in [-0.39, 0.29) is 23.9 Å². The molecule has 34 heavy (non-hydrogen) atoms. The van der Waals surface area contributed by atoms with Crippen molar-refractivity contribution in [3.63, 3.8) is 0 Å². The van der Waals surface area contributed by atoms with Crippen LogP contribution in [0.4, 0.5) is 11.4 Å². The van der Waals surface area contributed by atoms with Gasteiger partial charge < -0.3 is 20.3 Å². The maximum Gasteiger partial charge on any atom is 0.246 e. The maximum absolute atomic E-state index is 13.1. The molecule has 2 atom stereocenters. The lowest BCUT2D eigenvalue weighted by Crippen LogP contribution is -2.35. The van der Waals surface area contributed by atoms with Gasteiger partial charge in [0.1, 0.15) is 17.5 Å². The highest BCUT2D eigenvalue weighted by molar-refractivity contribution is 7.92. The standard InChI is InChI=1S/C24H27N3O6S/c1-33-19-11-8-16(9-12-19)23(24(30)26-18-6-4-3-5-7-18)25-15-22(29)17-10-13-21(28)20(14-17)27-34(2,31)32/h3-14,22-23,25,27-29H,15H2,1-2H3,(H,26,30)/t22?,23-/m0/s1. The van der Waals surface area contributed by atoms with Gasteiger partial charge in [0.2, 0.25) is 15.9 Å². The molecular weight excluding hydrogens is 458 g/mol. The Labute approximate surface area is 198 Å². The highest BCUT2D eigenvalue weighted by Gasteiger charge is 2.22. The number of hydrogen-bond acceptors (Lipinski definition) is 7. The van der Waals surface area contributed by atoms with E-state index in [4.69, 9.17) is 4.74 Å². The molecule has 0 saturated carbocycles. The molecule has 0 aromatic heterocycles. The number of carbonyl (C=O) groups excluding carboxylic acids is 1. The minimum atomic E-state index is -3.62. The first-order valence-corrected chi connectivity index (χ1v) is 12.3. The third kappa shape index (κ3) is 6.95. The number of sulfonamides is 1. The highest BCUT2D eigenvalue weighted by atomic mass is 32.2. The number of methoxy groups -OCH3 is 1. The van der Waals surface area contributed by atoms with Crippen LogP contribution in [-0.4, -0.2) is 44.4 Å². The molecule has 0 aliphatic rings. The van der Waals surface area contributed by atoms with Gasteiger partial charge >= 0.3 is 0 Å². The normalized spacial score (nSPS) is 13.0. The molecule has 0 radical (unpaired) electrons. The van der Waals surface area contributed by atoms with Crippen molar-refractivity contribution in [3.8, 4) is 11.5 Å². The van der Waals surface area contributed by atoms with E-state index in [9.17, 15) is 23.4 Å². The van der Waals surface area contributed by atoms with Crippen LogP contribution in [0.2, 0.25) is 0 Å². The molecule has 5 N–H and O–H groups in total. The Morgan fingerprint density at radius 2 is 1.65 bits per heavy atom. The van der Waals surface area contributed by atoms with Crippen molar-refractivity contribution in [2.24, 2.45) is 0 Å². The molecule has 1 amide bonds. The molecule has 3 aromatic carbocycles. The van der Waals surface area contributed by atoms with Crippen LogP contribution in [0, 0.1) is 0 Å². The van der Waals surface area contributed by atoms with Gasteiger partial charge in [0.05, 0.1) is 25.2 Å². The summed E-state index contributed by atoms with van der Waals surface area (Å²) < 4.78 is 30.4. The molecule has 1 unspecified atom stereocenters. The summed E-state index contributed by atoms with van der Waals surface area (Å²) in [6.07, 6.45) is -0.131. The van der Waals surface area contributed by atoms with E-state index in [2.05, 4.69) is 15.4 Å². The number of aliphatic hydroxyl groups excluding tert-OH is 1. The number of anilines is 2. The number of aliphatic hydroxyl groups is 1. The van der Waals surface area contributed by atoms with E-state index in [0.29, 0.717) is 22.6 Å². The summed E-state index contributed by atoms with van der Waals surface area (Å²) in [4.78, 5) is 13.1. The number of ether oxygens (including phenoxy) is 1. The average Bonchev–Trinajstić information content (AvgIpc) is 2.80. The van der Waals surface area contributed by atoms with Crippen LogP contribution in [-0.2, 0) is 14.8 Å². The van der Waals surface area contributed by atoms with Crippen LogP contribution in [0.5, 0.6) is 11.5 Å². The molecule has 0 fully saturated rings. The molecule has 0 bridgehead atoms. The predicted molar refractivity (Wildman–Crippen MR) is 130 cm³/mol. The molecule has 0 aliphatic carbocycles. The second-order valence-electron chi connectivity index (χ2n) is 7.64. The quantitative estimate of drug-likeness (QED) is 0.279. The molecule has 0 saturated heterocycles. The minimum Gasteiger partial charge on any atom is -0.506 e. The lowest BCUT2D eigenvalue weighted by molar-refractivity contribution is -0.118. The number of nitrogens with one attached hydrogen (secondary N) is 3. The second-order valence-corrected chi connectivity index (χ2v) is 9.38. The molecule has 0 heterocycles. The van der Waals surface area contributed by atoms with Gasteiger partial charge in [-0.1, -0.05) is 36.4 Å². The van der Waals surface area contributed by atoms with Crippen LogP contribution in [0.25, 0.3) is 0 Å². The molecule has 180 valence electrons. The average molecular weight is 486 g/mol. The zero-order chi connectivity index (χ0) is 24.7. The summed E-state index contributed by atoms with van der Waals surface area (Å²) in [6.45, 7) is -0.0258. The van der Waals surface area contributed by atoms with Gasteiger partial charge in [0.25, 0.3) is 0 Å². The number of phenols is 1. The largest absolute Gasteiger partial charge is 0.506 e. The number of aromatic hydroxyl groups is 1. The van der Waals surface area contributed by atoms with Crippen LogP contribution >= 0.6 is 0 Å². The number of amides is 1. The minimum absolute atomic E-state index is 0.0258. The van der Waals surface area contributed by atoms with Gasteiger partial charge in [0, 0.05) is 12.2 Å². The van der Waals surface area contributed by atoms with E-state index >= 15 is 0 Å². The number of hydrogen-bond donors (Lipinski definition) is 5. The SMILES string of the molecule is COc1ccc([C@H](NCC(O)c2ccc(O)c(NS(C)(=O)=O)c2)C(=O)Nc2ccccc2)cc1. The highest BCUT2D eigenvalue weighted by Crippen LogP contribution is 2.28. The third-order valence-corrected chi connectivity index (χ3v) is 5.56. The lowest BCUT2D eigenvalue weighted by Gasteiger charge is -2.22. The van der Waals surface area contributed by atoms with Crippen molar-refractivity contribution in [2.45, 2.75) is 12.1 Å². The van der Waals surface area contributed by atoms with Crippen molar-refractivity contribution in [3.05, 3.63) is 83.9 Å². The monoisotopic (exact) mass is 485 g/mol. The Bertz CT molecular complexity index is 1220. The number of para-hydroxylation sites is 1. The first-order chi connectivity index (χ1) is 16.2. The zero-order valence-electron chi connectivity index (χ0n) is 18.7. The second kappa shape index (κ2) is 11.0. The summed E-state index contributed by atoms with van der Waals surface area (Å²) in [5.74, 6) is 0.0439. The topological polar surface area (TPSA) is 137 Å². The van der Waals surface area contributed by atoms with Gasteiger partial charge in [-0.2, -0.15) is 0 Å². The van der Waals surface area contributed by atoms with Crippen molar-refractivity contribution in [1.29, 1.82) is 0 Å². The van der Waals surface area contributed by atoms with Crippen LogP contribution in [0.15, 0.2) is 72.8 Å². The fourth-order valence-corrected chi connectivity index (χ4v) is 3.85. The van der Waals surface area contributed by atoms with Crippen molar-refractivity contribution >= 4 is 27.3 Å². The van der Waals surface area contributed by atoms with E-state index in [1.54, 1.807) is 43.5 Å². The molecule has 3 rings (SSSR count). The molecule has 10 heteroatoms. The van der Waals surface area contributed by atoms with E-state index in [1.165, 1.54) is 18.2 Å². The van der Waals surface area contributed by atoms with Gasteiger partial charge in [-0.25, -0.2) is 8.42 Å². The van der Waals surface area contributed by atoms with Gasteiger partial charge in [-0.15, -0.1) is 0 Å². The van der Waals surface area contributed by atoms with Gasteiger partial charge in [-0.05, 0) is 47.5 Å². The van der Waals surface area contributed by atoms with Crippen molar-refractivity contribution in [2.75, 3.05) is 29.9 Å². The first-order valence-electron chi connectivity index (χ1n) is 10.4. The number of rotatable bonds is 10. The Morgan fingerprint density at radius 1 is 1.00 bits per heavy atom. The molecule has 3 aromatic rings. The van der Waals surface area contributed by atoms with E-state index < -0.39 is 22.2 Å². The fraction of sp³-hybridized carbons (Fsp3) is 0.208. The summed E-state index contributed by atoms with van der Waals surface area (Å²) in [7, 11) is -2.07. The zero-order valence-corrected chi connectivity index (χ0v) is 19.5. The van der Waals surface area contributed by atoms with Crippen LogP contribution in [0.3, 0.4) is 0 Å². The number of phenolic OH excluding ortho intramolecular Hbond substituents is 1. The Kier molecular flexibility index (Phi) is 8.11. The summed E-state index contributed by atoms with van der Waals surface area (Å²) in [6, 6.07) is 19.3. The molecule has 0 spiro atoms. The van der Waals surface area contributed by atoms with Crippen molar-refractivity contribution in [1.82, 2.24) is 5.32 Å². The summed E-state index contributed by atoms with van der Waals surface area (Å²) >= 11 is 0. The number of benzene rings is 3. The lowest BCUT2D eigenvalue weighted by atomic mass is 10.0. The van der Waals surface area contributed by atoms with Gasteiger partial charge in [-0.3, -0.25) is 14.8 Å². The predicted octanol–water partition coefficient (Wildman–Crippen LogP) is 2.78. The number of carbonyl (C=O) groups is 1. The summed E-state index contributed by atoms with van der Waals surface area (Å²) in [5, 5.41) is 26.5. The molecular formula is C24H27N3O6S. The Balaban J connectivity index is 1.79. The van der Waals surface area contributed by atoms with Crippen molar-refractivity contribution < 1.29 is 28.2 Å². The smallest absolute Gasteiger partial charge is 0.246 e. The molecule has 0 aliphatic heterocycles. The van der Waals surface area contributed by atoms with Crippen LogP contribution in [0.1, 0.15) is 23.3 Å². The summed E-state index contributed by atoms with van der Waals surface area (Å²) in [5.41, 5.74) is 1.59. The first kappa shape index (κ1) is 25.0. The van der Waals surface area contributed by atoms with Gasteiger partial charge in [0.15, 0.2) is 0 Å². The molecule has 9 nitrogen and oxygen atoms in total. The van der Waals surface area contributed by atoms with E-state index in [1.807, 2.05) is 18.2 Å². The van der Waals surface area contributed by atoms with E-state index in [0.717, 1.165) is 6.26 Å². The maximum atomic E-state index is 13.1. The van der Waals surface area contributed by atoms with Crippen LogP contribution < -0.4 is 20.1 Å². The Morgan fingerprint density at radius 3 is 2.26 bits per heavy atom. The Hall–Kier alpha value is -3.60. The third-order valence-electron chi connectivity index (χ3n) is 4.97. The fourth-order valence-electron chi connectivity index (χ4n) is 3.28.